The molecule has 2 atom stereocenters. The number of esters is 1. The molecule has 2 unspecified atom stereocenters. The highest BCUT2D eigenvalue weighted by molar-refractivity contribution is 6.04. The maximum Gasteiger partial charge on any atom is 0.339 e. The van der Waals surface area contributed by atoms with Crippen molar-refractivity contribution in [1.82, 2.24) is 4.98 Å². The minimum absolute atomic E-state index is 0.352. The average molecular weight is 346 g/mol. The summed E-state index contributed by atoms with van der Waals surface area (Å²) in [5, 5.41) is 0.682. The van der Waals surface area contributed by atoms with Crippen molar-refractivity contribution in [3.63, 3.8) is 0 Å². The Balaban J connectivity index is 1.66. The molecule has 4 nitrogen and oxygen atoms in total. The molecule has 25 heavy (non-hydrogen) atoms. The van der Waals surface area contributed by atoms with Gasteiger partial charge in [0, 0.05) is 30.4 Å². The lowest BCUT2D eigenvalue weighted by Crippen LogP contribution is -2.27. The van der Waals surface area contributed by atoms with Crippen molar-refractivity contribution in [2.24, 2.45) is 11.8 Å². The van der Waals surface area contributed by atoms with Crippen LogP contribution in [0.25, 0.3) is 10.9 Å². The highest BCUT2D eigenvalue weighted by atomic mass is 19.3. The molecule has 2 heterocycles. The van der Waals surface area contributed by atoms with Crippen LogP contribution in [0.15, 0.2) is 30.5 Å². The molecular weight excluding hydrogens is 326 g/mol. The van der Waals surface area contributed by atoms with Crippen molar-refractivity contribution in [2.75, 3.05) is 18.0 Å². The van der Waals surface area contributed by atoms with Crippen molar-refractivity contribution >= 4 is 22.6 Å². The normalized spacial score (nSPS) is 24.3. The SMILES string of the molecule is CC(C)(C)OC(=O)c1ccnc2ccc(N3CC4C(C3)C4(F)F)cc12. The standard InChI is InChI=1S/C19H20F2N2O2/c1-18(2,3)25-17(24)12-6-7-22-16-5-4-11(8-13(12)16)23-9-14-15(10-23)19(14,20)21/h4-8,14-15H,9-10H2,1-3H3. The van der Waals surface area contributed by atoms with Crippen LogP contribution in [-0.4, -0.2) is 35.6 Å². The van der Waals surface area contributed by atoms with Crippen LogP contribution in [0.1, 0.15) is 31.1 Å². The van der Waals surface area contributed by atoms with Crippen LogP contribution in [0.3, 0.4) is 0 Å². The summed E-state index contributed by atoms with van der Waals surface area (Å²) in [5.74, 6) is -3.99. The van der Waals surface area contributed by atoms with Gasteiger partial charge in [-0.05, 0) is 45.0 Å². The van der Waals surface area contributed by atoms with Crippen LogP contribution < -0.4 is 4.90 Å². The van der Waals surface area contributed by atoms with E-state index in [2.05, 4.69) is 4.98 Å². The average Bonchev–Trinajstić information content (AvgIpc) is 2.89. The number of nitrogens with zero attached hydrogens (tertiary/aromatic N) is 2. The molecule has 1 aliphatic carbocycles. The van der Waals surface area contributed by atoms with E-state index in [1.165, 1.54) is 0 Å². The number of aromatic nitrogens is 1. The molecule has 4 rings (SSSR count). The number of piperidine rings is 1. The second-order valence-corrected chi connectivity index (χ2v) is 7.85. The van der Waals surface area contributed by atoms with Gasteiger partial charge in [-0.25, -0.2) is 13.6 Å². The molecule has 0 N–H and O–H groups in total. The van der Waals surface area contributed by atoms with Gasteiger partial charge in [-0.1, -0.05) is 0 Å². The first kappa shape index (κ1) is 16.2. The summed E-state index contributed by atoms with van der Waals surface area (Å²) in [5.41, 5.74) is 1.37. The Labute approximate surface area is 144 Å². The molecule has 2 fully saturated rings. The molecule has 6 heteroatoms. The van der Waals surface area contributed by atoms with Crippen molar-refractivity contribution in [3.8, 4) is 0 Å². The lowest BCUT2D eigenvalue weighted by atomic mass is 10.1. The molecule has 2 aromatic rings. The number of ether oxygens (including phenoxy) is 1. The molecule has 0 radical (unpaired) electrons. The number of pyridine rings is 1. The Kier molecular flexibility index (Phi) is 3.33. The summed E-state index contributed by atoms with van der Waals surface area (Å²) in [6.07, 6.45) is 1.58. The molecule has 2 aliphatic rings. The Morgan fingerprint density at radius 3 is 2.56 bits per heavy atom. The van der Waals surface area contributed by atoms with E-state index in [1.54, 1.807) is 12.3 Å². The van der Waals surface area contributed by atoms with Crippen LogP contribution in [-0.2, 0) is 4.74 Å². The van der Waals surface area contributed by atoms with Gasteiger partial charge in [-0.15, -0.1) is 0 Å². The zero-order valence-corrected chi connectivity index (χ0v) is 14.4. The third kappa shape index (κ3) is 2.73. The third-order valence-electron chi connectivity index (χ3n) is 4.91. The van der Waals surface area contributed by atoms with Crippen LogP contribution in [0.4, 0.5) is 14.5 Å². The highest BCUT2D eigenvalue weighted by Crippen LogP contribution is 2.59. The summed E-state index contributed by atoms with van der Waals surface area (Å²) < 4.78 is 32.3. The van der Waals surface area contributed by atoms with Gasteiger partial charge in [0.15, 0.2) is 0 Å². The summed E-state index contributed by atoms with van der Waals surface area (Å²) in [6.45, 7) is 6.15. The van der Waals surface area contributed by atoms with Crippen molar-refractivity contribution in [3.05, 3.63) is 36.0 Å². The zero-order valence-electron chi connectivity index (χ0n) is 14.4. The molecule has 0 amide bonds. The second-order valence-electron chi connectivity index (χ2n) is 7.85. The number of rotatable bonds is 2. The van der Waals surface area contributed by atoms with E-state index < -0.39 is 29.3 Å². The lowest BCUT2D eigenvalue weighted by molar-refractivity contribution is 0.00717. The van der Waals surface area contributed by atoms with Crippen molar-refractivity contribution < 1.29 is 18.3 Å². The predicted octanol–water partition coefficient (Wildman–Crippen LogP) is 3.89. The third-order valence-corrected chi connectivity index (χ3v) is 4.91. The monoisotopic (exact) mass is 346 g/mol. The molecule has 1 aromatic carbocycles. The van der Waals surface area contributed by atoms with Crippen molar-refractivity contribution in [2.45, 2.75) is 32.3 Å². The van der Waals surface area contributed by atoms with Gasteiger partial charge in [0.1, 0.15) is 5.60 Å². The maximum absolute atomic E-state index is 13.4. The minimum atomic E-state index is -2.50. The molecule has 1 saturated carbocycles. The zero-order chi connectivity index (χ0) is 18.0. The smallest absolute Gasteiger partial charge is 0.339 e. The van der Waals surface area contributed by atoms with Gasteiger partial charge in [0.05, 0.1) is 22.9 Å². The van der Waals surface area contributed by atoms with Gasteiger partial charge in [-0.2, -0.15) is 0 Å². The molecule has 0 spiro atoms. The number of benzene rings is 1. The van der Waals surface area contributed by atoms with Crippen molar-refractivity contribution in [1.29, 1.82) is 0 Å². The topological polar surface area (TPSA) is 42.4 Å². The Morgan fingerprint density at radius 2 is 1.92 bits per heavy atom. The van der Waals surface area contributed by atoms with Crippen LogP contribution >= 0.6 is 0 Å². The summed E-state index contributed by atoms with van der Waals surface area (Å²) in [7, 11) is 0. The summed E-state index contributed by atoms with van der Waals surface area (Å²) >= 11 is 0. The van der Waals surface area contributed by atoms with E-state index >= 15 is 0 Å². The number of fused-ring (bicyclic) bond motifs is 2. The number of hydrogen-bond donors (Lipinski definition) is 0. The van der Waals surface area contributed by atoms with Gasteiger partial charge >= 0.3 is 5.97 Å². The highest BCUT2D eigenvalue weighted by Gasteiger charge is 2.71. The van der Waals surface area contributed by atoms with Gasteiger partial charge < -0.3 is 9.64 Å². The number of anilines is 1. The first-order valence-electron chi connectivity index (χ1n) is 8.42. The summed E-state index contributed by atoms with van der Waals surface area (Å²) in [4.78, 5) is 18.7. The second kappa shape index (κ2) is 5.13. The quantitative estimate of drug-likeness (QED) is 0.774. The van der Waals surface area contributed by atoms with E-state index in [0.717, 1.165) is 5.69 Å². The van der Waals surface area contributed by atoms with Crippen LogP contribution in [0.5, 0.6) is 0 Å². The number of carbonyl (C=O) groups excluding carboxylic acids is 1. The first-order valence-corrected chi connectivity index (χ1v) is 8.42. The fraction of sp³-hybridized carbons (Fsp3) is 0.474. The molecule has 0 bridgehead atoms. The summed E-state index contributed by atoms with van der Waals surface area (Å²) in [6, 6.07) is 7.18. The fourth-order valence-electron chi connectivity index (χ4n) is 3.56. The number of carbonyl (C=O) groups is 1. The molecule has 132 valence electrons. The van der Waals surface area contributed by atoms with Gasteiger partial charge in [-0.3, -0.25) is 4.98 Å². The number of alkyl halides is 2. The van der Waals surface area contributed by atoms with Gasteiger partial charge in [0.25, 0.3) is 5.92 Å². The largest absolute Gasteiger partial charge is 0.456 e. The predicted molar refractivity (Wildman–Crippen MR) is 91.1 cm³/mol. The Bertz CT molecular complexity index is 846. The molecule has 1 saturated heterocycles. The Morgan fingerprint density at radius 1 is 1.24 bits per heavy atom. The number of halogens is 2. The van der Waals surface area contributed by atoms with Crippen LogP contribution in [0.2, 0.25) is 0 Å². The van der Waals surface area contributed by atoms with E-state index in [0.29, 0.717) is 29.6 Å². The molecular formula is C19H20F2N2O2. The van der Waals surface area contributed by atoms with Gasteiger partial charge in [0.2, 0.25) is 0 Å². The van der Waals surface area contributed by atoms with E-state index in [1.807, 2.05) is 43.9 Å². The Hall–Kier alpha value is -2.24. The van der Waals surface area contributed by atoms with E-state index in [4.69, 9.17) is 4.74 Å². The lowest BCUT2D eigenvalue weighted by Gasteiger charge is -2.23. The van der Waals surface area contributed by atoms with E-state index in [9.17, 15) is 13.6 Å². The molecule has 1 aromatic heterocycles. The fourth-order valence-corrected chi connectivity index (χ4v) is 3.56. The maximum atomic E-state index is 13.4. The first-order chi connectivity index (χ1) is 11.7. The van der Waals surface area contributed by atoms with E-state index in [-0.39, 0.29) is 0 Å². The molecule has 1 aliphatic heterocycles. The number of hydrogen-bond acceptors (Lipinski definition) is 4. The van der Waals surface area contributed by atoms with Crippen LogP contribution in [0, 0.1) is 11.8 Å². The minimum Gasteiger partial charge on any atom is -0.456 e.